The van der Waals surface area contributed by atoms with Crippen molar-refractivity contribution in [3.8, 4) is 0 Å². The molecule has 1 aromatic heterocycles. The molecule has 0 saturated heterocycles. The normalized spacial score (nSPS) is 21.0. The van der Waals surface area contributed by atoms with Crippen molar-refractivity contribution in [2.24, 2.45) is 11.3 Å². The molecule has 0 aliphatic heterocycles. The van der Waals surface area contributed by atoms with E-state index in [-0.39, 0.29) is 0 Å². The Labute approximate surface area is 155 Å². The Balaban J connectivity index is 1.80. The highest BCUT2D eigenvalue weighted by Crippen LogP contribution is 2.42. The molecular formula is C21H31NO2S. The summed E-state index contributed by atoms with van der Waals surface area (Å²) in [6.45, 7) is 5.59. The minimum Gasteiger partial charge on any atom is -0.477 e. The van der Waals surface area contributed by atoms with E-state index in [2.05, 4.69) is 37.9 Å². The molecule has 1 heterocycles. The summed E-state index contributed by atoms with van der Waals surface area (Å²) in [6.07, 6.45) is 12.2. The van der Waals surface area contributed by atoms with Gasteiger partial charge in [0.15, 0.2) is 0 Å². The van der Waals surface area contributed by atoms with E-state index in [4.69, 9.17) is 0 Å². The van der Waals surface area contributed by atoms with Crippen LogP contribution >= 0.6 is 11.3 Å². The second-order valence-electron chi connectivity index (χ2n) is 8.61. The summed E-state index contributed by atoms with van der Waals surface area (Å²) in [4.78, 5) is 15.6. The van der Waals surface area contributed by atoms with Gasteiger partial charge in [0.05, 0.1) is 5.69 Å². The van der Waals surface area contributed by atoms with Crippen molar-refractivity contribution in [2.45, 2.75) is 65.2 Å². The summed E-state index contributed by atoms with van der Waals surface area (Å²) in [5, 5.41) is 9.68. The standard InChI is InChI=1S/C21H31NO2S/c1-21(2)11-9-16(10-12-21)18-13-17(19(25-18)20(23)24)22(3)14-15-7-5-4-6-8-15/h9,13,15H,4-8,10-12,14H2,1-3H3,(H,23,24). The van der Waals surface area contributed by atoms with Gasteiger partial charge in [-0.3, -0.25) is 0 Å². The summed E-state index contributed by atoms with van der Waals surface area (Å²) < 4.78 is 0. The minimum absolute atomic E-state index is 0.372. The molecule has 3 nitrogen and oxygen atoms in total. The van der Waals surface area contributed by atoms with Crippen LogP contribution in [-0.2, 0) is 0 Å². The quantitative estimate of drug-likeness (QED) is 0.693. The van der Waals surface area contributed by atoms with Crippen LogP contribution in [0.2, 0.25) is 0 Å². The van der Waals surface area contributed by atoms with E-state index in [1.54, 1.807) is 0 Å². The Morgan fingerprint density at radius 3 is 2.64 bits per heavy atom. The first kappa shape index (κ1) is 18.5. The molecule has 0 spiro atoms. The van der Waals surface area contributed by atoms with Crippen LogP contribution in [0.5, 0.6) is 0 Å². The van der Waals surface area contributed by atoms with Gasteiger partial charge in [-0.2, -0.15) is 0 Å². The molecule has 0 atom stereocenters. The average molecular weight is 362 g/mol. The summed E-state index contributed by atoms with van der Waals surface area (Å²) >= 11 is 1.46. The number of aromatic carboxylic acids is 1. The maximum absolute atomic E-state index is 11.8. The van der Waals surface area contributed by atoms with E-state index >= 15 is 0 Å². The monoisotopic (exact) mass is 361 g/mol. The molecule has 0 aromatic carbocycles. The molecule has 0 unspecified atom stereocenters. The summed E-state index contributed by atoms with van der Waals surface area (Å²) in [6, 6.07) is 2.13. The zero-order valence-electron chi connectivity index (χ0n) is 15.8. The summed E-state index contributed by atoms with van der Waals surface area (Å²) in [5.41, 5.74) is 2.62. The third-order valence-corrected chi connectivity index (χ3v) is 7.05. The van der Waals surface area contributed by atoms with Gasteiger partial charge in [-0.15, -0.1) is 11.3 Å². The number of carboxylic acids is 1. The van der Waals surface area contributed by atoms with Gasteiger partial charge in [-0.1, -0.05) is 39.2 Å². The second kappa shape index (κ2) is 7.53. The van der Waals surface area contributed by atoms with Crippen LogP contribution < -0.4 is 4.90 Å². The Bertz CT molecular complexity index is 653. The van der Waals surface area contributed by atoms with E-state index in [1.165, 1.54) is 55.4 Å². The van der Waals surface area contributed by atoms with Gasteiger partial charge in [0, 0.05) is 18.5 Å². The highest BCUT2D eigenvalue weighted by molar-refractivity contribution is 7.15. The van der Waals surface area contributed by atoms with Gasteiger partial charge in [-0.25, -0.2) is 4.79 Å². The van der Waals surface area contributed by atoms with E-state index in [0.29, 0.717) is 16.2 Å². The van der Waals surface area contributed by atoms with Crippen LogP contribution in [-0.4, -0.2) is 24.7 Å². The number of nitrogens with zero attached hydrogens (tertiary/aromatic N) is 1. The predicted molar refractivity (Wildman–Crippen MR) is 107 cm³/mol. The fourth-order valence-corrected chi connectivity index (χ4v) is 5.25. The summed E-state index contributed by atoms with van der Waals surface area (Å²) in [5.74, 6) is -0.0862. The molecule has 1 aromatic rings. The van der Waals surface area contributed by atoms with Crippen molar-refractivity contribution in [2.75, 3.05) is 18.5 Å². The first-order chi connectivity index (χ1) is 11.9. The van der Waals surface area contributed by atoms with E-state index in [0.717, 1.165) is 30.0 Å². The molecular weight excluding hydrogens is 330 g/mol. The van der Waals surface area contributed by atoms with Crippen LogP contribution in [0.15, 0.2) is 12.1 Å². The second-order valence-corrected chi connectivity index (χ2v) is 9.66. The van der Waals surface area contributed by atoms with Crippen molar-refractivity contribution < 1.29 is 9.90 Å². The van der Waals surface area contributed by atoms with Crippen LogP contribution in [0.1, 0.15) is 79.8 Å². The molecule has 3 rings (SSSR count). The van der Waals surface area contributed by atoms with Gasteiger partial charge in [0.2, 0.25) is 0 Å². The van der Waals surface area contributed by atoms with Crippen molar-refractivity contribution in [1.29, 1.82) is 0 Å². The lowest BCUT2D eigenvalue weighted by atomic mass is 9.78. The van der Waals surface area contributed by atoms with Crippen molar-refractivity contribution in [3.63, 3.8) is 0 Å². The molecule has 1 saturated carbocycles. The Kier molecular flexibility index (Phi) is 5.57. The number of allylic oxidation sites excluding steroid dienone is 2. The van der Waals surface area contributed by atoms with E-state index in [9.17, 15) is 9.90 Å². The molecule has 0 amide bonds. The van der Waals surface area contributed by atoms with Gasteiger partial charge in [-0.05, 0) is 55.1 Å². The topological polar surface area (TPSA) is 40.5 Å². The number of carbonyl (C=O) groups is 1. The van der Waals surface area contributed by atoms with Crippen LogP contribution in [0.4, 0.5) is 5.69 Å². The van der Waals surface area contributed by atoms with Crippen LogP contribution in [0.3, 0.4) is 0 Å². The Morgan fingerprint density at radius 1 is 1.32 bits per heavy atom. The number of rotatable bonds is 5. The maximum atomic E-state index is 11.8. The minimum atomic E-state index is -0.793. The Hall–Kier alpha value is -1.29. The Morgan fingerprint density at radius 2 is 2.04 bits per heavy atom. The number of hydrogen-bond donors (Lipinski definition) is 1. The highest BCUT2D eigenvalue weighted by Gasteiger charge is 2.26. The van der Waals surface area contributed by atoms with Crippen molar-refractivity contribution in [3.05, 3.63) is 21.9 Å². The molecule has 25 heavy (non-hydrogen) atoms. The number of hydrogen-bond acceptors (Lipinski definition) is 3. The molecule has 4 heteroatoms. The molecule has 1 fully saturated rings. The first-order valence-electron chi connectivity index (χ1n) is 9.63. The third kappa shape index (κ3) is 4.46. The van der Waals surface area contributed by atoms with E-state index < -0.39 is 5.97 Å². The zero-order valence-corrected chi connectivity index (χ0v) is 16.6. The lowest BCUT2D eigenvalue weighted by Crippen LogP contribution is -2.27. The third-order valence-electron chi connectivity index (χ3n) is 5.86. The molecule has 0 radical (unpaired) electrons. The number of carboxylic acid groups (broad SMARTS) is 1. The van der Waals surface area contributed by atoms with Gasteiger partial charge < -0.3 is 10.0 Å². The van der Waals surface area contributed by atoms with Gasteiger partial charge in [0.1, 0.15) is 4.88 Å². The molecule has 138 valence electrons. The predicted octanol–water partition coefficient (Wildman–Crippen LogP) is 6.06. The van der Waals surface area contributed by atoms with Gasteiger partial charge in [0.25, 0.3) is 0 Å². The summed E-state index contributed by atoms with van der Waals surface area (Å²) in [7, 11) is 2.06. The lowest BCUT2D eigenvalue weighted by Gasteiger charge is -2.28. The largest absolute Gasteiger partial charge is 0.477 e. The molecule has 1 N–H and O–H groups in total. The van der Waals surface area contributed by atoms with Gasteiger partial charge >= 0.3 is 5.97 Å². The average Bonchev–Trinajstić information content (AvgIpc) is 3.01. The number of thiophene rings is 1. The van der Waals surface area contributed by atoms with Crippen LogP contribution in [0, 0.1) is 11.3 Å². The fourth-order valence-electron chi connectivity index (χ4n) is 4.13. The number of anilines is 1. The molecule has 0 bridgehead atoms. The lowest BCUT2D eigenvalue weighted by molar-refractivity contribution is 0.0702. The smallest absolute Gasteiger partial charge is 0.348 e. The van der Waals surface area contributed by atoms with Crippen LogP contribution in [0.25, 0.3) is 5.57 Å². The van der Waals surface area contributed by atoms with Crippen molar-refractivity contribution >= 4 is 28.6 Å². The maximum Gasteiger partial charge on any atom is 0.348 e. The fraction of sp³-hybridized carbons (Fsp3) is 0.667. The zero-order chi connectivity index (χ0) is 18.0. The molecule has 2 aliphatic carbocycles. The SMILES string of the molecule is CN(CC1CCCCC1)c1cc(C2=CCC(C)(C)CC2)sc1C(=O)O. The van der Waals surface area contributed by atoms with E-state index in [1.807, 2.05) is 0 Å². The molecule has 2 aliphatic rings. The highest BCUT2D eigenvalue weighted by atomic mass is 32.1. The van der Waals surface area contributed by atoms with Crippen molar-refractivity contribution in [1.82, 2.24) is 0 Å². The first-order valence-corrected chi connectivity index (χ1v) is 10.4.